The molecule has 1 fully saturated rings. The third-order valence-electron chi connectivity index (χ3n) is 3.90. The summed E-state index contributed by atoms with van der Waals surface area (Å²) in [5, 5.41) is 4.26. The third-order valence-corrected chi connectivity index (χ3v) is 3.90. The van der Waals surface area contributed by atoms with Gasteiger partial charge >= 0.3 is 0 Å². The van der Waals surface area contributed by atoms with E-state index in [0.29, 0.717) is 32.7 Å². The Bertz CT molecular complexity index is 680. The predicted octanol–water partition coefficient (Wildman–Crippen LogP) is 2.15. The summed E-state index contributed by atoms with van der Waals surface area (Å²) in [6.07, 6.45) is 2.36. The van der Waals surface area contributed by atoms with Crippen LogP contribution in [-0.2, 0) is 22.7 Å². The second-order valence-electron chi connectivity index (χ2n) is 5.83. The number of aromatic nitrogens is 2. The average molecular weight is 317 g/mol. The van der Waals surface area contributed by atoms with Crippen LogP contribution in [0.15, 0.2) is 36.5 Å². The zero-order valence-electron chi connectivity index (χ0n) is 13.1. The first-order valence-electron chi connectivity index (χ1n) is 7.74. The standard InChI is InChI=1S/C17H20FN3O2/c1-13-5-7-21(19-13)8-6-17(22)20-10-16(11-20)23-12-14-3-2-4-15(18)9-14/h2-5,7,9,16H,6,8,10-12H2,1H3. The van der Waals surface area contributed by atoms with Crippen molar-refractivity contribution < 1.29 is 13.9 Å². The maximum Gasteiger partial charge on any atom is 0.224 e. The van der Waals surface area contributed by atoms with Crippen LogP contribution in [0.5, 0.6) is 0 Å². The molecule has 1 saturated heterocycles. The molecule has 0 N–H and O–H groups in total. The van der Waals surface area contributed by atoms with Crippen LogP contribution in [0.2, 0.25) is 0 Å². The summed E-state index contributed by atoms with van der Waals surface area (Å²) in [5.74, 6) is -0.144. The van der Waals surface area contributed by atoms with Crippen molar-refractivity contribution in [3.8, 4) is 0 Å². The highest BCUT2D eigenvalue weighted by molar-refractivity contribution is 5.77. The number of halogens is 1. The lowest BCUT2D eigenvalue weighted by Crippen LogP contribution is -2.54. The summed E-state index contributed by atoms with van der Waals surface area (Å²) in [4.78, 5) is 13.8. The largest absolute Gasteiger partial charge is 0.370 e. The van der Waals surface area contributed by atoms with Crippen molar-refractivity contribution in [2.75, 3.05) is 13.1 Å². The van der Waals surface area contributed by atoms with Gasteiger partial charge in [0.25, 0.3) is 0 Å². The van der Waals surface area contributed by atoms with E-state index >= 15 is 0 Å². The van der Waals surface area contributed by atoms with Crippen molar-refractivity contribution >= 4 is 5.91 Å². The fraction of sp³-hybridized carbons (Fsp3) is 0.412. The number of aryl methyl sites for hydroxylation is 2. The molecule has 0 spiro atoms. The lowest BCUT2D eigenvalue weighted by Gasteiger charge is -2.39. The Kier molecular flexibility index (Phi) is 4.71. The quantitative estimate of drug-likeness (QED) is 0.820. The molecule has 0 bridgehead atoms. The number of amides is 1. The fourth-order valence-electron chi connectivity index (χ4n) is 2.54. The molecule has 6 heteroatoms. The minimum absolute atomic E-state index is 0.0363. The van der Waals surface area contributed by atoms with Gasteiger partial charge in [0.1, 0.15) is 5.82 Å². The molecule has 1 aliphatic rings. The summed E-state index contributed by atoms with van der Waals surface area (Å²) >= 11 is 0. The molecular formula is C17H20FN3O2. The lowest BCUT2D eigenvalue weighted by molar-refractivity contribution is -0.146. The highest BCUT2D eigenvalue weighted by Crippen LogP contribution is 2.16. The number of nitrogens with zero attached hydrogens (tertiary/aromatic N) is 3. The molecule has 0 atom stereocenters. The topological polar surface area (TPSA) is 47.4 Å². The highest BCUT2D eigenvalue weighted by atomic mass is 19.1. The zero-order valence-corrected chi connectivity index (χ0v) is 13.1. The van der Waals surface area contributed by atoms with Crippen LogP contribution < -0.4 is 0 Å². The summed E-state index contributed by atoms with van der Waals surface area (Å²) < 4.78 is 20.5. The van der Waals surface area contributed by atoms with E-state index in [1.807, 2.05) is 25.3 Å². The van der Waals surface area contributed by atoms with Gasteiger partial charge in [-0.25, -0.2) is 4.39 Å². The van der Waals surface area contributed by atoms with Gasteiger partial charge < -0.3 is 9.64 Å². The molecule has 0 radical (unpaired) electrons. The Morgan fingerprint density at radius 1 is 1.39 bits per heavy atom. The van der Waals surface area contributed by atoms with Crippen molar-refractivity contribution in [2.45, 2.75) is 32.6 Å². The molecule has 5 nitrogen and oxygen atoms in total. The van der Waals surface area contributed by atoms with Crippen LogP contribution in [0.1, 0.15) is 17.7 Å². The van der Waals surface area contributed by atoms with Crippen molar-refractivity contribution in [1.82, 2.24) is 14.7 Å². The van der Waals surface area contributed by atoms with Crippen molar-refractivity contribution in [2.24, 2.45) is 0 Å². The number of hydrogen-bond acceptors (Lipinski definition) is 3. The molecule has 1 amide bonds. The molecule has 1 aliphatic heterocycles. The predicted molar refractivity (Wildman–Crippen MR) is 83.1 cm³/mol. The first kappa shape index (κ1) is 15.7. The number of hydrogen-bond donors (Lipinski definition) is 0. The Balaban J connectivity index is 1.36. The van der Waals surface area contributed by atoms with Gasteiger partial charge in [0.05, 0.1) is 18.4 Å². The van der Waals surface area contributed by atoms with E-state index in [9.17, 15) is 9.18 Å². The Morgan fingerprint density at radius 3 is 2.91 bits per heavy atom. The molecular weight excluding hydrogens is 297 g/mol. The summed E-state index contributed by atoms with van der Waals surface area (Å²) in [7, 11) is 0. The van der Waals surface area contributed by atoms with Gasteiger partial charge in [0, 0.05) is 32.3 Å². The number of likely N-dealkylation sites (tertiary alicyclic amines) is 1. The van der Waals surface area contributed by atoms with E-state index in [2.05, 4.69) is 5.10 Å². The minimum Gasteiger partial charge on any atom is -0.370 e. The first-order chi connectivity index (χ1) is 11.1. The van der Waals surface area contributed by atoms with Crippen LogP contribution >= 0.6 is 0 Å². The van der Waals surface area contributed by atoms with Gasteiger partial charge in [-0.05, 0) is 30.7 Å². The summed E-state index contributed by atoms with van der Waals surface area (Å²) in [6.45, 7) is 4.10. The normalized spacial score (nSPS) is 14.8. The van der Waals surface area contributed by atoms with Crippen molar-refractivity contribution in [1.29, 1.82) is 0 Å². The van der Waals surface area contributed by atoms with Gasteiger partial charge in [-0.3, -0.25) is 9.48 Å². The molecule has 2 aromatic rings. The van der Waals surface area contributed by atoms with Gasteiger partial charge in [0.2, 0.25) is 5.91 Å². The van der Waals surface area contributed by atoms with Gasteiger partial charge in [0.15, 0.2) is 0 Å². The van der Waals surface area contributed by atoms with Gasteiger partial charge in [-0.1, -0.05) is 12.1 Å². The van der Waals surface area contributed by atoms with E-state index in [1.165, 1.54) is 12.1 Å². The molecule has 2 heterocycles. The van der Waals surface area contributed by atoms with Crippen LogP contribution in [0, 0.1) is 12.7 Å². The van der Waals surface area contributed by atoms with Crippen molar-refractivity contribution in [3.05, 3.63) is 53.6 Å². The second-order valence-corrected chi connectivity index (χ2v) is 5.83. The molecule has 0 saturated carbocycles. The average Bonchev–Trinajstić information content (AvgIpc) is 2.89. The molecule has 0 aliphatic carbocycles. The lowest BCUT2D eigenvalue weighted by atomic mass is 10.1. The van der Waals surface area contributed by atoms with E-state index in [1.54, 1.807) is 15.6 Å². The molecule has 122 valence electrons. The minimum atomic E-state index is -0.259. The van der Waals surface area contributed by atoms with E-state index in [-0.39, 0.29) is 17.8 Å². The number of carbonyl (C=O) groups excluding carboxylic acids is 1. The number of ether oxygens (including phenoxy) is 1. The first-order valence-corrected chi connectivity index (χ1v) is 7.74. The van der Waals surface area contributed by atoms with Gasteiger partial charge in [-0.2, -0.15) is 5.10 Å². The molecule has 23 heavy (non-hydrogen) atoms. The van der Waals surface area contributed by atoms with Crippen LogP contribution in [0.25, 0.3) is 0 Å². The van der Waals surface area contributed by atoms with Crippen LogP contribution in [0.3, 0.4) is 0 Å². The number of rotatable bonds is 6. The SMILES string of the molecule is Cc1ccn(CCC(=O)N2CC(OCc3cccc(F)c3)C2)n1. The van der Waals surface area contributed by atoms with Crippen molar-refractivity contribution in [3.63, 3.8) is 0 Å². The van der Waals surface area contributed by atoms with Crippen LogP contribution in [-0.4, -0.2) is 39.8 Å². The highest BCUT2D eigenvalue weighted by Gasteiger charge is 2.30. The monoisotopic (exact) mass is 317 g/mol. The Hall–Kier alpha value is -2.21. The maximum atomic E-state index is 13.1. The van der Waals surface area contributed by atoms with Gasteiger partial charge in [-0.15, -0.1) is 0 Å². The Labute approximate surface area is 134 Å². The smallest absolute Gasteiger partial charge is 0.224 e. The number of benzene rings is 1. The summed E-state index contributed by atoms with van der Waals surface area (Å²) in [5.41, 5.74) is 1.76. The molecule has 3 rings (SSSR count). The van der Waals surface area contributed by atoms with Crippen LogP contribution in [0.4, 0.5) is 4.39 Å². The molecule has 0 unspecified atom stereocenters. The Morgan fingerprint density at radius 2 is 2.22 bits per heavy atom. The second kappa shape index (κ2) is 6.91. The fourth-order valence-corrected chi connectivity index (χ4v) is 2.54. The molecule has 1 aromatic carbocycles. The zero-order chi connectivity index (χ0) is 16.2. The third kappa shape index (κ3) is 4.16. The maximum absolute atomic E-state index is 13.1. The van der Waals surface area contributed by atoms with E-state index < -0.39 is 0 Å². The summed E-state index contributed by atoms with van der Waals surface area (Å²) in [6, 6.07) is 8.30. The van der Waals surface area contributed by atoms with E-state index in [4.69, 9.17) is 4.74 Å². The molecule has 1 aromatic heterocycles. The number of carbonyl (C=O) groups is 1. The van der Waals surface area contributed by atoms with E-state index in [0.717, 1.165) is 11.3 Å².